The number of nitrogens with one attached hydrogen (secondary N) is 1. The quantitative estimate of drug-likeness (QED) is 0.777. The van der Waals surface area contributed by atoms with Crippen LogP contribution in [0.5, 0.6) is 0 Å². The third-order valence-electron chi connectivity index (χ3n) is 1.75. The molecule has 0 aliphatic rings. The Balaban J connectivity index is 3.17. The highest BCUT2D eigenvalue weighted by Crippen LogP contribution is 2.25. The van der Waals surface area contributed by atoms with E-state index in [1.54, 1.807) is 4.72 Å². The van der Waals surface area contributed by atoms with E-state index in [1.807, 2.05) is 0 Å². The molecule has 1 rings (SSSR count). The maximum absolute atomic E-state index is 13.3. The van der Waals surface area contributed by atoms with E-state index in [0.29, 0.717) is 6.26 Å². The van der Waals surface area contributed by atoms with Gasteiger partial charge in [0.2, 0.25) is 10.0 Å². The molecule has 10 heteroatoms. The second kappa shape index (κ2) is 4.69. The first-order valence-electron chi connectivity index (χ1n) is 4.43. The summed E-state index contributed by atoms with van der Waals surface area (Å²) in [5, 5.41) is -1.25. The van der Waals surface area contributed by atoms with E-state index >= 15 is 0 Å². The monoisotopic (exact) mass is 300 g/mol. The lowest BCUT2D eigenvalue weighted by Gasteiger charge is -2.10. The highest BCUT2D eigenvalue weighted by Gasteiger charge is 2.22. The topological polar surface area (TPSA) is 106 Å². The van der Waals surface area contributed by atoms with Crippen LogP contribution < -0.4 is 10.5 Å². The molecule has 3 N–H and O–H groups in total. The molecule has 0 amide bonds. The molecule has 0 saturated carbocycles. The van der Waals surface area contributed by atoms with Crippen molar-refractivity contribution in [3.05, 3.63) is 23.8 Å². The van der Waals surface area contributed by atoms with Crippen LogP contribution in [0.4, 0.5) is 20.2 Å². The van der Waals surface area contributed by atoms with Gasteiger partial charge >= 0.3 is 0 Å². The molecule has 6 nitrogen and oxygen atoms in total. The van der Waals surface area contributed by atoms with Gasteiger partial charge in [-0.3, -0.25) is 4.72 Å². The normalized spacial score (nSPS) is 12.4. The summed E-state index contributed by atoms with van der Waals surface area (Å²) in [5.74, 6) is -2.80. The standard InChI is InChI=1S/C8H10F2N2O4S2/c1-17(13,14)4-18(15,16)12-8-6(11)3-2-5(9)7(8)10/h2-3,12H,4,11H2,1H3. The van der Waals surface area contributed by atoms with Crippen LogP contribution in [-0.4, -0.2) is 28.2 Å². The Morgan fingerprint density at radius 3 is 2.28 bits per heavy atom. The van der Waals surface area contributed by atoms with Crippen molar-refractivity contribution in [3.8, 4) is 0 Å². The number of hydrogen-bond donors (Lipinski definition) is 2. The van der Waals surface area contributed by atoms with Crippen LogP contribution >= 0.6 is 0 Å². The van der Waals surface area contributed by atoms with E-state index in [0.717, 1.165) is 12.1 Å². The van der Waals surface area contributed by atoms with Crippen molar-refractivity contribution in [3.63, 3.8) is 0 Å². The number of sulfone groups is 1. The lowest BCUT2D eigenvalue weighted by atomic mass is 10.2. The molecule has 0 heterocycles. The molecule has 0 aliphatic heterocycles. The lowest BCUT2D eigenvalue weighted by molar-refractivity contribution is 0.512. The largest absolute Gasteiger partial charge is 0.397 e. The van der Waals surface area contributed by atoms with Crippen molar-refractivity contribution in [1.82, 2.24) is 0 Å². The number of benzene rings is 1. The molecule has 0 bridgehead atoms. The van der Waals surface area contributed by atoms with E-state index < -0.39 is 42.3 Å². The Hall–Kier alpha value is -1.42. The second-order valence-corrected chi connectivity index (χ2v) is 7.81. The van der Waals surface area contributed by atoms with Crippen LogP contribution in [0.15, 0.2) is 12.1 Å². The smallest absolute Gasteiger partial charge is 0.247 e. The van der Waals surface area contributed by atoms with Gasteiger partial charge in [0.15, 0.2) is 26.6 Å². The summed E-state index contributed by atoms with van der Waals surface area (Å²) < 4.78 is 72.3. The zero-order valence-corrected chi connectivity index (χ0v) is 10.8. The minimum Gasteiger partial charge on any atom is -0.397 e. The SMILES string of the molecule is CS(=O)(=O)CS(=O)(=O)Nc1c(N)ccc(F)c1F. The third-order valence-corrected chi connectivity index (χ3v) is 5.22. The molecule has 0 spiro atoms. The Morgan fingerprint density at radius 2 is 1.78 bits per heavy atom. The fourth-order valence-electron chi connectivity index (χ4n) is 1.14. The lowest BCUT2D eigenvalue weighted by Crippen LogP contribution is -2.23. The molecule has 1 aromatic carbocycles. The number of anilines is 2. The number of nitrogen functional groups attached to an aromatic ring is 1. The van der Waals surface area contributed by atoms with Crippen molar-refractivity contribution in [2.75, 3.05) is 21.8 Å². The molecule has 18 heavy (non-hydrogen) atoms. The second-order valence-electron chi connectivity index (χ2n) is 3.59. The molecule has 0 radical (unpaired) electrons. The number of rotatable bonds is 4. The molecule has 0 fully saturated rings. The summed E-state index contributed by atoms with van der Waals surface area (Å²) in [7, 11) is -8.22. The van der Waals surface area contributed by atoms with Gasteiger partial charge in [-0.2, -0.15) is 0 Å². The molecule has 0 atom stereocenters. The number of nitrogens with two attached hydrogens (primary N) is 1. The van der Waals surface area contributed by atoms with Gasteiger partial charge in [-0.1, -0.05) is 0 Å². The number of hydrogen-bond acceptors (Lipinski definition) is 5. The van der Waals surface area contributed by atoms with Gasteiger partial charge < -0.3 is 5.73 Å². The highest BCUT2D eigenvalue weighted by atomic mass is 32.3. The van der Waals surface area contributed by atoms with Gasteiger partial charge in [-0.25, -0.2) is 25.6 Å². The minimum absolute atomic E-state index is 0.356. The van der Waals surface area contributed by atoms with Crippen molar-refractivity contribution < 1.29 is 25.6 Å². The third kappa shape index (κ3) is 3.81. The number of sulfonamides is 1. The van der Waals surface area contributed by atoms with Crippen LogP contribution in [0.2, 0.25) is 0 Å². The van der Waals surface area contributed by atoms with E-state index in [2.05, 4.69) is 0 Å². The first-order chi connectivity index (χ1) is 8.02. The van der Waals surface area contributed by atoms with Crippen molar-refractivity contribution in [2.24, 2.45) is 0 Å². The maximum atomic E-state index is 13.3. The molecule has 0 saturated heterocycles. The molecule has 102 valence electrons. The fraction of sp³-hybridized carbons (Fsp3) is 0.250. The van der Waals surface area contributed by atoms with Gasteiger partial charge in [0.05, 0.1) is 5.69 Å². The summed E-state index contributed by atoms with van der Waals surface area (Å²) in [4.78, 5) is 0. The predicted octanol–water partition coefficient (Wildman–Crippen LogP) is 0.291. The fourth-order valence-corrected chi connectivity index (χ4v) is 4.14. The molecular weight excluding hydrogens is 290 g/mol. The summed E-state index contributed by atoms with van der Waals surface area (Å²) in [6.07, 6.45) is 0.692. The Kier molecular flexibility index (Phi) is 3.81. The van der Waals surface area contributed by atoms with Crippen LogP contribution in [0, 0.1) is 11.6 Å². The van der Waals surface area contributed by atoms with Gasteiger partial charge in [0, 0.05) is 6.26 Å². The first-order valence-corrected chi connectivity index (χ1v) is 8.15. The Labute approximate surface area is 103 Å². The van der Waals surface area contributed by atoms with Gasteiger partial charge in [0.1, 0.15) is 5.69 Å². The first kappa shape index (κ1) is 14.6. The highest BCUT2D eigenvalue weighted by molar-refractivity contribution is 8.08. The summed E-state index contributed by atoms with van der Waals surface area (Å²) >= 11 is 0. The van der Waals surface area contributed by atoms with Gasteiger partial charge in [-0.05, 0) is 12.1 Å². The van der Waals surface area contributed by atoms with Gasteiger partial charge in [0.25, 0.3) is 0 Å². The van der Waals surface area contributed by atoms with Crippen LogP contribution in [-0.2, 0) is 19.9 Å². The van der Waals surface area contributed by atoms with E-state index in [1.165, 1.54) is 0 Å². The Bertz CT molecular complexity index is 671. The molecular formula is C8H10F2N2O4S2. The average molecular weight is 300 g/mol. The van der Waals surface area contributed by atoms with Gasteiger partial charge in [-0.15, -0.1) is 0 Å². The maximum Gasteiger partial charge on any atom is 0.247 e. The van der Waals surface area contributed by atoms with Crippen molar-refractivity contribution in [1.29, 1.82) is 0 Å². The van der Waals surface area contributed by atoms with Crippen molar-refractivity contribution >= 4 is 31.2 Å². The molecule has 1 aromatic rings. The average Bonchev–Trinajstić information content (AvgIpc) is 2.15. The molecule has 0 unspecified atom stereocenters. The minimum atomic E-state index is -4.38. The summed E-state index contributed by atoms with van der Waals surface area (Å²) in [5.41, 5.74) is 4.12. The molecule has 0 aliphatic carbocycles. The number of halogens is 2. The van der Waals surface area contributed by atoms with E-state index in [-0.39, 0.29) is 5.69 Å². The van der Waals surface area contributed by atoms with E-state index in [9.17, 15) is 25.6 Å². The van der Waals surface area contributed by atoms with Crippen LogP contribution in [0.1, 0.15) is 0 Å². The zero-order valence-electron chi connectivity index (χ0n) is 9.14. The van der Waals surface area contributed by atoms with Crippen LogP contribution in [0.25, 0.3) is 0 Å². The summed E-state index contributed by atoms with van der Waals surface area (Å²) in [6, 6.07) is 1.68. The Morgan fingerprint density at radius 1 is 1.22 bits per heavy atom. The predicted molar refractivity (Wildman–Crippen MR) is 63.0 cm³/mol. The molecule has 0 aromatic heterocycles. The van der Waals surface area contributed by atoms with E-state index in [4.69, 9.17) is 5.73 Å². The van der Waals surface area contributed by atoms with Crippen LogP contribution in [0.3, 0.4) is 0 Å². The summed E-state index contributed by atoms with van der Waals surface area (Å²) in [6.45, 7) is 0. The van der Waals surface area contributed by atoms with Crippen molar-refractivity contribution in [2.45, 2.75) is 0 Å². The zero-order chi connectivity index (χ0) is 14.1.